The van der Waals surface area contributed by atoms with E-state index >= 15 is 0 Å². The van der Waals surface area contributed by atoms with Crippen molar-refractivity contribution in [3.8, 4) is 11.5 Å². The molecule has 0 aromatic heterocycles. The number of benzene rings is 1. The molecule has 0 aliphatic carbocycles. The summed E-state index contributed by atoms with van der Waals surface area (Å²) in [6, 6.07) is 5.89. The highest BCUT2D eigenvalue weighted by Crippen LogP contribution is 2.27. The molecule has 0 fully saturated rings. The molecule has 3 nitrogen and oxygen atoms in total. The summed E-state index contributed by atoms with van der Waals surface area (Å²) in [7, 11) is 3.55. The standard InChI is InChI=1S/C12H17NO2.ClH/c1-4-7-15-11-6-5-10(9-13-2)8-12(11)14-3;/h4-6,8,13H,1,7,9H2,2-3H3;1H. The molecule has 0 radical (unpaired) electrons. The van der Waals surface area contributed by atoms with Crippen LogP contribution in [0.1, 0.15) is 5.56 Å². The molecule has 0 atom stereocenters. The van der Waals surface area contributed by atoms with Crippen LogP contribution in [-0.2, 0) is 6.54 Å². The molecule has 16 heavy (non-hydrogen) atoms. The van der Waals surface area contributed by atoms with Gasteiger partial charge in [0.15, 0.2) is 11.5 Å². The van der Waals surface area contributed by atoms with Crippen molar-refractivity contribution >= 4 is 12.4 Å². The Kier molecular flexibility index (Phi) is 7.42. The fourth-order valence-electron chi connectivity index (χ4n) is 1.29. The van der Waals surface area contributed by atoms with Crippen LogP contribution in [-0.4, -0.2) is 20.8 Å². The van der Waals surface area contributed by atoms with E-state index in [0.29, 0.717) is 6.61 Å². The lowest BCUT2D eigenvalue weighted by Gasteiger charge is -2.10. The van der Waals surface area contributed by atoms with Crippen LogP contribution in [0.5, 0.6) is 11.5 Å². The second kappa shape index (κ2) is 8.02. The van der Waals surface area contributed by atoms with Gasteiger partial charge in [-0.3, -0.25) is 0 Å². The van der Waals surface area contributed by atoms with Crippen molar-refractivity contribution in [3.63, 3.8) is 0 Å². The molecular formula is C12H18ClNO2. The van der Waals surface area contributed by atoms with E-state index in [2.05, 4.69) is 11.9 Å². The second-order valence-electron chi connectivity index (χ2n) is 3.12. The smallest absolute Gasteiger partial charge is 0.161 e. The lowest BCUT2D eigenvalue weighted by molar-refractivity contribution is 0.326. The summed E-state index contributed by atoms with van der Waals surface area (Å²) in [5.41, 5.74) is 1.17. The average molecular weight is 244 g/mol. The molecular weight excluding hydrogens is 226 g/mol. The Bertz CT molecular complexity index is 329. The summed E-state index contributed by atoms with van der Waals surface area (Å²) in [6.07, 6.45) is 1.71. The molecule has 0 bridgehead atoms. The predicted octanol–water partition coefficient (Wildman–Crippen LogP) is 2.40. The van der Waals surface area contributed by atoms with E-state index in [9.17, 15) is 0 Å². The molecule has 1 aromatic rings. The lowest BCUT2D eigenvalue weighted by Crippen LogP contribution is -2.05. The van der Waals surface area contributed by atoms with Crippen molar-refractivity contribution in [2.24, 2.45) is 0 Å². The molecule has 0 heterocycles. The summed E-state index contributed by atoms with van der Waals surface area (Å²) in [4.78, 5) is 0. The molecule has 0 saturated heterocycles. The highest BCUT2D eigenvalue weighted by Gasteiger charge is 2.04. The molecule has 0 aliphatic rings. The Morgan fingerprint density at radius 3 is 2.69 bits per heavy atom. The van der Waals surface area contributed by atoms with Crippen LogP contribution < -0.4 is 14.8 Å². The van der Waals surface area contributed by atoms with Crippen molar-refractivity contribution in [3.05, 3.63) is 36.4 Å². The molecule has 0 saturated carbocycles. The van der Waals surface area contributed by atoms with Gasteiger partial charge >= 0.3 is 0 Å². The zero-order chi connectivity index (χ0) is 11.1. The third-order valence-corrected chi connectivity index (χ3v) is 1.97. The van der Waals surface area contributed by atoms with Gasteiger partial charge in [-0.15, -0.1) is 12.4 Å². The number of hydrogen-bond acceptors (Lipinski definition) is 3. The van der Waals surface area contributed by atoms with Gasteiger partial charge in [0.1, 0.15) is 6.61 Å². The molecule has 0 aliphatic heterocycles. The number of ether oxygens (including phenoxy) is 2. The molecule has 0 amide bonds. The maximum atomic E-state index is 5.45. The first kappa shape index (κ1) is 14.8. The summed E-state index contributed by atoms with van der Waals surface area (Å²) >= 11 is 0. The first-order valence-corrected chi connectivity index (χ1v) is 4.87. The lowest BCUT2D eigenvalue weighted by atomic mass is 10.2. The SMILES string of the molecule is C=CCOc1ccc(CNC)cc1OC.Cl. The quantitative estimate of drug-likeness (QED) is 0.779. The van der Waals surface area contributed by atoms with Crippen molar-refractivity contribution in [2.75, 3.05) is 20.8 Å². The van der Waals surface area contributed by atoms with Gasteiger partial charge in [-0.2, -0.15) is 0 Å². The minimum Gasteiger partial charge on any atom is -0.493 e. The number of methoxy groups -OCH3 is 1. The van der Waals surface area contributed by atoms with E-state index < -0.39 is 0 Å². The van der Waals surface area contributed by atoms with E-state index in [4.69, 9.17) is 9.47 Å². The second-order valence-corrected chi connectivity index (χ2v) is 3.12. The largest absolute Gasteiger partial charge is 0.493 e. The number of hydrogen-bond donors (Lipinski definition) is 1. The van der Waals surface area contributed by atoms with Gasteiger partial charge in [0.2, 0.25) is 0 Å². The Morgan fingerprint density at radius 2 is 2.12 bits per heavy atom. The van der Waals surface area contributed by atoms with E-state index in [-0.39, 0.29) is 12.4 Å². The molecule has 1 aromatic carbocycles. The summed E-state index contributed by atoms with van der Waals surface area (Å²) in [5.74, 6) is 1.50. The van der Waals surface area contributed by atoms with Crippen molar-refractivity contribution in [1.82, 2.24) is 5.32 Å². The Hall–Kier alpha value is -1.19. The van der Waals surface area contributed by atoms with Crippen molar-refractivity contribution in [2.45, 2.75) is 6.54 Å². The van der Waals surface area contributed by atoms with Gasteiger partial charge in [-0.05, 0) is 24.7 Å². The van der Waals surface area contributed by atoms with Crippen molar-refractivity contribution < 1.29 is 9.47 Å². The van der Waals surface area contributed by atoms with E-state index in [0.717, 1.165) is 18.0 Å². The molecule has 1 rings (SSSR count). The van der Waals surface area contributed by atoms with Gasteiger partial charge in [0.05, 0.1) is 7.11 Å². The summed E-state index contributed by atoms with van der Waals surface area (Å²) in [6.45, 7) is 4.91. The first-order chi connectivity index (χ1) is 7.31. The van der Waals surface area contributed by atoms with E-state index in [1.165, 1.54) is 5.56 Å². The van der Waals surface area contributed by atoms with Gasteiger partial charge in [-0.25, -0.2) is 0 Å². The zero-order valence-electron chi connectivity index (χ0n) is 9.66. The molecule has 1 N–H and O–H groups in total. The van der Waals surface area contributed by atoms with Gasteiger partial charge in [-0.1, -0.05) is 18.7 Å². The Morgan fingerprint density at radius 1 is 1.38 bits per heavy atom. The molecule has 0 spiro atoms. The van der Waals surface area contributed by atoms with Crippen LogP contribution in [0.3, 0.4) is 0 Å². The van der Waals surface area contributed by atoms with Crippen LogP contribution in [0.4, 0.5) is 0 Å². The first-order valence-electron chi connectivity index (χ1n) is 4.87. The monoisotopic (exact) mass is 243 g/mol. The number of nitrogens with one attached hydrogen (secondary N) is 1. The van der Waals surface area contributed by atoms with Crippen molar-refractivity contribution in [1.29, 1.82) is 0 Å². The highest BCUT2D eigenvalue weighted by molar-refractivity contribution is 5.85. The number of rotatable bonds is 6. The maximum Gasteiger partial charge on any atom is 0.161 e. The highest BCUT2D eigenvalue weighted by atomic mass is 35.5. The Labute approximate surface area is 103 Å². The minimum absolute atomic E-state index is 0. The van der Waals surface area contributed by atoms with Crippen LogP contribution >= 0.6 is 12.4 Å². The van der Waals surface area contributed by atoms with Gasteiger partial charge in [0.25, 0.3) is 0 Å². The fraction of sp³-hybridized carbons (Fsp3) is 0.333. The normalized spacial score (nSPS) is 9.12. The van der Waals surface area contributed by atoms with Crippen LogP contribution in [0.25, 0.3) is 0 Å². The van der Waals surface area contributed by atoms with Crippen LogP contribution in [0.15, 0.2) is 30.9 Å². The van der Waals surface area contributed by atoms with Crippen LogP contribution in [0, 0.1) is 0 Å². The third kappa shape index (κ3) is 4.13. The van der Waals surface area contributed by atoms with Crippen LogP contribution in [0.2, 0.25) is 0 Å². The van der Waals surface area contributed by atoms with E-state index in [1.807, 2.05) is 25.2 Å². The maximum absolute atomic E-state index is 5.45. The third-order valence-electron chi connectivity index (χ3n) is 1.97. The fourth-order valence-corrected chi connectivity index (χ4v) is 1.29. The molecule has 0 unspecified atom stereocenters. The Balaban J connectivity index is 0.00000225. The summed E-state index contributed by atoms with van der Waals surface area (Å²) in [5, 5.41) is 3.09. The minimum atomic E-state index is 0. The topological polar surface area (TPSA) is 30.5 Å². The van der Waals surface area contributed by atoms with Gasteiger partial charge < -0.3 is 14.8 Å². The number of halogens is 1. The van der Waals surface area contributed by atoms with Gasteiger partial charge in [0, 0.05) is 6.54 Å². The predicted molar refractivity (Wildman–Crippen MR) is 68.7 cm³/mol. The van der Waals surface area contributed by atoms with E-state index in [1.54, 1.807) is 13.2 Å². The zero-order valence-corrected chi connectivity index (χ0v) is 10.5. The molecule has 4 heteroatoms. The molecule has 90 valence electrons. The summed E-state index contributed by atoms with van der Waals surface area (Å²) < 4.78 is 10.7. The average Bonchev–Trinajstić information content (AvgIpc) is 2.27.